The van der Waals surface area contributed by atoms with E-state index in [9.17, 15) is 4.79 Å². The maximum Gasteiger partial charge on any atom is 0.265 e. The van der Waals surface area contributed by atoms with Crippen LogP contribution in [0.5, 0.6) is 5.75 Å². The van der Waals surface area contributed by atoms with Crippen molar-refractivity contribution in [2.75, 3.05) is 10.6 Å². The van der Waals surface area contributed by atoms with Gasteiger partial charge in [0.1, 0.15) is 5.75 Å². The van der Waals surface area contributed by atoms with Gasteiger partial charge in [-0.3, -0.25) is 9.78 Å². The number of aromatic nitrogens is 3. The maximum absolute atomic E-state index is 12.7. The fourth-order valence-corrected chi connectivity index (χ4v) is 3.08. The quantitative estimate of drug-likeness (QED) is 0.433. The third-order valence-electron chi connectivity index (χ3n) is 4.72. The third kappa shape index (κ3) is 5.26. The van der Waals surface area contributed by atoms with Gasteiger partial charge in [0, 0.05) is 24.2 Å². The van der Waals surface area contributed by atoms with Gasteiger partial charge in [0.05, 0.1) is 17.1 Å². The predicted molar refractivity (Wildman–Crippen MR) is 125 cm³/mol. The normalized spacial score (nSPS) is 11.4. The van der Waals surface area contributed by atoms with E-state index in [4.69, 9.17) is 4.74 Å². The first-order chi connectivity index (χ1) is 15.6. The van der Waals surface area contributed by atoms with Gasteiger partial charge in [-0.2, -0.15) is 0 Å². The zero-order valence-corrected chi connectivity index (χ0v) is 17.8. The van der Waals surface area contributed by atoms with Crippen LogP contribution in [0, 0.1) is 6.92 Å². The summed E-state index contributed by atoms with van der Waals surface area (Å²) in [6.45, 7) is 3.69. The molecule has 2 N–H and O–H groups in total. The second-order valence-electron chi connectivity index (χ2n) is 7.24. The Labute approximate surface area is 186 Å². The molecule has 0 spiro atoms. The van der Waals surface area contributed by atoms with Crippen LogP contribution in [0.1, 0.15) is 12.5 Å². The van der Waals surface area contributed by atoms with Crippen LogP contribution >= 0.6 is 0 Å². The topological polar surface area (TPSA) is 89.0 Å². The molecule has 4 rings (SSSR count). The molecule has 1 atom stereocenters. The molecule has 0 aliphatic rings. The number of amides is 1. The molecule has 32 heavy (non-hydrogen) atoms. The number of hydrogen-bond acceptors (Lipinski definition) is 6. The Kier molecular flexibility index (Phi) is 6.36. The molecule has 7 heteroatoms. The van der Waals surface area contributed by atoms with E-state index >= 15 is 0 Å². The first-order valence-corrected chi connectivity index (χ1v) is 10.2. The average Bonchev–Trinajstić information content (AvgIpc) is 2.82. The monoisotopic (exact) mass is 425 g/mol. The number of pyridine rings is 1. The molecule has 2 aromatic carbocycles. The standard InChI is InChI=1S/C25H23N5O2/c1-17-10-11-22(28-24(31)18(2)32-20-8-4-3-5-9-20)23(15-17)30-25-27-14-12-21(29-25)19-7-6-13-26-16-19/h3-16,18H,1-2H3,(H,28,31)(H,27,29,30)/t18-/m1/s1. The summed E-state index contributed by atoms with van der Waals surface area (Å²) in [5.41, 5.74) is 3.97. The van der Waals surface area contributed by atoms with Crippen molar-refractivity contribution in [2.45, 2.75) is 20.0 Å². The Morgan fingerprint density at radius 1 is 0.969 bits per heavy atom. The van der Waals surface area contributed by atoms with E-state index in [0.717, 1.165) is 16.8 Å². The number of ether oxygens (including phenoxy) is 1. The molecule has 0 bridgehead atoms. The van der Waals surface area contributed by atoms with Crippen LogP contribution < -0.4 is 15.4 Å². The highest BCUT2D eigenvalue weighted by molar-refractivity contribution is 5.97. The molecule has 160 valence electrons. The number of carbonyl (C=O) groups excluding carboxylic acids is 1. The van der Waals surface area contributed by atoms with Crippen molar-refractivity contribution in [1.29, 1.82) is 0 Å². The van der Waals surface area contributed by atoms with Crippen molar-refractivity contribution < 1.29 is 9.53 Å². The van der Waals surface area contributed by atoms with Crippen LogP contribution in [0.4, 0.5) is 17.3 Å². The van der Waals surface area contributed by atoms with Gasteiger partial charge in [0.25, 0.3) is 5.91 Å². The minimum atomic E-state index is -0.670. The summed E-state index contributed by atoms with van der Waals surface area (Å²) >= 11 is 0. The number of aryl methyl sites for hydroxylation is 1. The van der Waals surface area contributed by atoms with Gasteiger partial charge in [-0.15, -0.1) is 0 Å². The van der Waals surface area contributed by atoms with Crippen molar-refractivity contribution in [1.82, 2.24) is 15.0 Å². The molecule has 0 aliphatic carbocycles. The highest BCUT2D eigenvalue weighted by Gasteiger charge is 2.17. The van der Waals surface area contributed by atoms with Crippen molar-refractivity contribution in [3.05, 3.63) is 90.9 Å². The van der Waals surface area contributed by atoms with Crippen LogP contribution in [0.3, 0.4) is 0 Å². The second-order valence-corrected chi connectivity index (χ2v) is 7.24. The lowest BCUT2D eigenvalue weighted by atomic mass is 10.2. The Balaban J connectivity index is 1.52. The largest absolute Gasteiger partial charge is 0.481 e. The zero-order valence-electron chi connectivity index (χ0n) is 17.8. The van der Waals surface area contributed by atoms with Gasteiger partial charge in [0.15, 0.2) is 6.10 Å². The van der Waals surface area contributed by atoms with E-state index in [1.54, 1.807) is 25.5 Å². The Morgan fingerprint density at radius 3 is 2.59 bits per heavy atom. The van der Waals surface area contributed by atoms with E-state index in [1.165, 1.54) is 0 Å². The summed E-state index contributed by atoms with van der Waals surface area (Å²) < 4.78 is 5.73. The lowest BCUT2D eigenvalue weighted by Crippen LogP contribution is -2.30. The molecule has 2 aromatic heterocycles. The van der Waals surface area contributed by atoms with E-state index in [1.807, 2.05) is 73.7 Å². The second kappa shape index (κ2) is 9.70. The highest BCUT2D eigenvalue weighted by Crippen LogP contribution is 2.27. The molecule has 1 amide bonds. The first-order valence-electron chi connectivity index (χ1n) is 10.2. The van der Waals surface area contributed by atoms with Gasteiger partial charge < -0.3 is 15.4 Å². The Bertz CT molecular complexity index is 1200. The molecule has 0 unspecified atom stereocenters. The lowest BCUT2D eigenvalue weighted by molar-refractivity contribution is -0.122. The summed E-state index contributed by atoms with van der Waals surface area (Å²) in [7, 11) is 0. The Morgan fingerprint density at radius 2 is 1.81 bits per heavy atom. The van der Waals surface area contributed by atoms with Crippen molar-refractivity contribution in [3.8, 4) is 17.0 Å². The van der Waals surface area contributed by atoms with Gasteiger partial charge >= 0.3 is 0 Å². The number of nitrogens with zero attached hydrogens (tertiary/aromatic N) is 3. The molecule has 0 aliphatic heterocycles. The SMILES string of the molecule is Cc1ccc(NC(=O)[C@@H](C)Oc2ccccc2)c(Nc2nccc(-c3cccnc3)n2)c1. The molecule has 0 saturated carbocycles. The van der Waals surface area contributed by atoms with E-state index < -0.39 is 6.10 Å². The smallest absolute Gasteiger partial charge is 0.265 e. The number of para-hydroxylation sites is 1. The Hall–Kier alpha value is -4.26. The molecular weight excluding hydrogens is 402 g/mol. The van der Waals surface area contributed by atoms with Crippen LogP contribution in [0.2, 0.25) is 0 Å². The average molecular weight is 425 g/mol. The summed E-state index contributed by atoms with van der Waals surface area (Å²) in [6.07, 6.45) is 4.48. The summed E-state index contributed by atoms with van der Waals surface area (Å²) in [5.74, 6) is 0.796. The number of carbonyl (C=O) groups is 1. The summed E-state index contributed by atoms with van der Waals surface area (Å²) in [6, 6.07) is 20.6. The van der Waals surface area contributed by atoms with Gasteiger partial charge in [0.2, 0.25) is 5.95 Å². The number of rotatable bonds is 7. The minimum absolute atomic E-state index is 0.259. The van der Waals surface area contributed by atoms with Crippen molar-refractivity contribution >= 4 is 23.2 Å². The predicted octanol–water partition coefficient (Wildman–Crippen LogP) is 5.00. The third-order valence-corrected chi connectivity index (χ3v) is 4.72. The number of hydrogen-bond donors (Lipinski definition) is 2. The van der Waals surface area contributed by atoms with E-state index in [0.29, 0.717) is 23.1 Å². The lowest BCUT2D eigenvalue weighted by Gasteiger charge is -2.17. The van der Waals surface area contributed by atoms with Crippen LogP contribution in [0.15, 0.2) is 85.3 Å². The molecule has 4 aromatic rings. The molecule has 0 saturated heterocycles. The summed E-state index contributed by atoms with van der Waals surface area (Å²) in [4.78, 5) is 25.8. The number of anilines is 3. The van der Waals surface area contributed by atoms with Crippen LogP contribution in [-0.2, 0) is 4.79 Å². The van der Waals surface area contributed by atoms with Crippen molar-refractivity contribution in [3.63, 3.8) is 0 Å². The maximum atomic E-state index is 12.7. The molecule has 7 nitrogen and oxygen atoms in total. The summed E-state index contributed by atoms with van der Waals surface area (Å²) in [5, 5.41) is 6.15. The van der Waals surface area contributed by atoms with E-state index in [2.05, 4.69) is 25.6 Å². The molecule has 0 radical (unpaired) electrons. The number of nitrogens with one attached hydrogen (secondary N) is 2. The van der Waals surface area contributed by atoms with E-state index in [-0.39, 0.29) is 5.91 Å². The number of benzene rings is 2. The fourth-order valence-electron chi connectivity index (χ4n) is 3.08. The van der Waals surface area contributed by atoms with Crippen LogP contribution in [0.25, 0.3) is 11.3 Å². The van der Waals surface area contributed by atoms with Gasteiger partial charge in [-0.25, -0.2) is 9.97 Å². The molecule has 0 fully saturated rings. The van der Waals surface area contributed by atoms with Gasteiger partial charge in [-0.1, -0.05) is 24.3 Å². The molecular formula is C25H23N5O2. The zero-order chi connectivity index (χ0) is 22.3. The minimum Gasteiger partial charge on any atom is -0.481 e. The van der Waals surface area contributed by atoms with Crippen molar-refractivity contribution in [2.24, 2.45) is 0 Å². The molecule has 2 heterocycles. The fraction of sp³-hybridized carbons (Fsp3) is 0.120. The van der Waals surface area contributed by atoms with Gasteiger partial charge in [-0.05, 0) is 61.9 Å². The first kappa shape index (κ1) is 21.0. The highest BCUT2D eigenvalue weighted by atomic mass is 16.5. The van der Waals surface area contributed by atoms with Crippen LogP contribution in [-0.4, -0.2) is 27.0 Å².